The average molecular weight is 498 g/mol. The van der Waals surface area contributed by atoms with Crippen molar-refractivity contribution in [1.82, 2.24) is 9.78 Å². The Kier molecular flexibility index (Phi) is 7.20. The number of nitrogens with zero attached hydrogens (tertiary/aromatic N) is 2. The SMILES string of the molecule is Cc1nn(Cc2ccc(F)cc2Cl)c(C)c1NC(=O)c1cccc(COc2ccc(Cl)cc2)c1. The number of aryl methyl sites for hydroxylation is 1. The number of benzene rings is 3. The van der Waals surface area contributed by atoms with Gasteiger partial charge < -0.3 is 10.1 Å². The van der Waals surface area contributed by atoms with Crippen molar-refractivity contribution in [1.29, 1.82) is 0 Å². The van der Waals surface area contributed by atoms with Crippen molar-refractivity contribution in [3.8, 4) is 5.75 Å². The van der Waals surface area contributed by atoms with Crippen LogP contribution in [0.15, 0.2) is 66.7 Å². The summed E-state index contributed by atoms with van der Waals surface area (Å²) in [5.74, 6) is 0.0500. The quantitative estimate of drug-likeness (QED) is 0.304. The van der Waals surface area contributed by atoms with Crippen molar-refractivity contribution in [3.05, 3.63) is 111 Å². The van der Waals surface area contributed by atoms with E-state index in [2.05, 4.69) is 10.4 Å². The third kappa shape index (κ3) is 5.58. The van der Waals surface area contributed by atoms with Crippen LogP contribution in [0, 0.1) is 19.7 Å². The Hall–Kier alpha value is -3.35. The lowest BCUT2D eigenvalue weighted by Crippen LogP contribution is -2.14. The summed E-state index contributed by atoms with van der Waals surface area (Å²) in [5.41, 5.74) is 4.17. The van der Waals surface area contributed by atoms with Gasteiger partial charge in [-0.25, -0.2) is 4.39 Å². The highest BCUT2D eigenvalue weighted by Gasteiger charge is 2.16. The van der Waals surface area contributed by atoms with Gasteiger partial charge in [-0.2, -0.15) is 5.10 Å². The molecule has 1 amide bonds. The van der Waals surface area contributed by atoms with Gasteiger partial charge in [-0.05, 0) is 73.5 Å². The second kappa shape index (κ2) is 10.3. The zero-order chi connectivity index (χ0) is 24.2. The molecule has 0 aliphatic rings. The predicted octanol–water partition coefficient (Wildman–Crippen LogP) is 6.83. The molecule has 0 unspecified atom stereocenters. The molecule has 0 bridgehead atoms. The van der Waals surface area contributed by atoms with Crippen LogP contribution < -0.4 is 10.1 Å². The van der Waals surface area contributed by atoms with Crippen LogP contribution in [0.5, 0.6) is 5.75 Å². The molecule has 34 heavy (non-hydrogen) atoms. The Morgan fingerprint density at radius 2 is 1.82 bits per heavy atom. The molecule has 4 aromatic rings. The van der Waals surface area contributed by atoms with E-state index in [-0.39, 0.29) is 5.91 Å². The van der Waals surface area contributed by atoms with Crippen LogP contribution in [-0.2, 0) is 13.2 Å². The molecule has 0 spiro atoms. The highest BCUT2D eigenvalue weighted by Crippen LogP contribution is 2.24. The summed E-state index contributed by atoms with van der Waals surface area (Å²) in [6.07, 6.45) is 0. The average Bonchev–Trinajstić information content (AvgIpc) is 3.08. The fourth-order valence-corrected chi connectivity index (χ4v) is 3.88. The Balaban J connectivity index is 1.46. The lowest BCUT2D eigenvalue weighted by atomic mass is 10.1. The molecule has 1 aromatic heterocycles. The van der Waals surface area contributed by atoms with Crippen LogP contribution >= 0.6 is 23.2 Å². The Morgan fingerprint density at radius 3 is 2.56 bits per heavy atom. The van der Waals surface area contributed by atoms with Crippen LogP contribution in [0.4, 0.5) is 10.1 Å². The van der Waals surface area contributed by atoms with Crippen molar-refractivity contribution in [2.24, 2.45) is 0 Å². The molecule has 0 radical (unpaired) electrons. The minimum absolute atomic E-state index is 0.251. The summed E-state index contributed by atoms with van der Waals surface area (Å²) in [5, 5.41) is 8.45. The predicted molar refractivity (Wildman–Crippen MR) is 132 cm³/mol. The van der Waals surface area contributed by atoms with Crippen LogP contribution in [0.3, 0.4) is 0 Å². The molecule has 0 fully saturated rings. The summed E-state index contributed by atoms with van der Waals surface area (Å²) in [4.78, 5) is 13.0. The first-order valence-corrected chi connectivity index (χ1v) is 11.3. The molecule has 8 heteroatoms. The zero-order valence-electron chi connectivity index (χ0n) is 18.6. The van der Waals surface area contributed by atoms with E-state index in [1.54, 1.807) is 47.1 Å². The number of halogens is 3. The summed E-state index contributed by atoms with van der Waals surface area (Å²) >= 11 is 12.1. The third-order valence-electron chi connectivity index (χ3n) is 5.36. The standard InChI is InChI=1S/C26H22Cl2FN3O2/c1-16-25(17(2)32(31-16)14-20-6-9-22(29)13-24(20)28)30-26(33)19-5-3-4-18(12-19)15-34-23-10-7-21(27)8-11-23/h3-13H,14-15H2,1-2H3,(H,30,33). The first-order chi connectivity index (χ1) is 16.3. The van der Waals surface area contributed by atoms with Gasteiger partial charge in [0, 0.05) is 15.6 Å². The first kappa shape index (κ1) is 23.8. The van der Waals surface area contributed by atoms with Gasteiger partial charge in [-0.3, -0.25) is 9.48 Å². The van der Waals surface area contributed by atoms with Gasteiger partial charge in [0.05, 0.1) is 23.6 Å². The third-order valence-corrected chi connectivity index (χ3v) is 5.97. The monoisotopic (exact) mass is 497 g/mol. The maximum atomic E-state index is 13.3. The molecule has 4 rings (SSSR count). The number of amides is 1. The minimum Gasteiger partial charge on any atom is -0.489 e. The number of hydrogen-bond acceptors (Lipinski definition) is 3. The Bertz CT molecular complexity index is 1340. The van der Waals surface area contributed by atoms with Gasteiger partial charge in [0.25, 0.3) is 5.91 Å². The maximum Gasteiger partial charge on any atom is 0.255 e. The molecule has 0 aliphatic heterocycles. The number of nitrogens with one attached hydrogen (secondary N) is 1. The van der Waals surface area contributed by atoms with Crippen LogP contribution in [0.2, 0.25) is 10.0 Å². The summed E-state index contributed by atoms with van der Waals surface area (Å²) in [6, 6.07) is 18.6. The van der Waals surface area contributed by atoms with Gasteiger partial charge in [-0.15, -0.1) is 0 Å². The summed E-state index contributed by atoms with van der Waals surface area (Å²) < 4.78 is 20.9. The maximum absolute atomic E-state index is 13.3. The number of carbonyl (C=O) groups is 1. The molecular formula is C26H22Cl2FN3O2. The molecule has 0 aliphatic carbocycles. The van der Waals surface area contributed by atoms with E-state index >= 15 is 0 Å². The lowest BCUT2D eigenvalue weighted by molar-refractivity contribution is 0.102. The molecule has 0 atom stereocenters. The molecule has 5 nitrogen and oxygen atoms in total. The largest absolute Gasteiger partial charge is 0.489 e. The molecular weight excluding hydrogens is 476 g/mol. The number of anilines is 1. The van der Waals surface area contributed by atoms with Gasteiger partial charge >= 0.3 is 0 Å². The van der Waals surface area contributed by atoms with Gasteiger partial charge in [-0.1, -0.05) is 41.4 Å². The van der Waals surface area contributed by atoms with Crippen molar-refractivity contribution >= 4 is 34.8 Å². The van der Waals surface area contributed by atoms with E-state index in [1.807, 2.05) is 26.0 Å². The van der Waals surface area contributed by atoms with Crippen molar-refractivity contribution < 1.29 is 13.9 Å². The second-order valence-electron chi connectivity index (χ2n) is 7.84. The fourth-order valence-electron chi connectivity index (χ4n) is 3.53. The van der Waals surface area contributed by atoms with Crippen LogP contribution in [0.25, 0.3) is 0 Å². The molecule has 1 heterocycles. The normalized spacial score (nSPS) is 10.9. The fraction of sp³-hybridized carbons (Fsp3) is 0.154. The van der Waals surface area contributed by atoms with Gasteiger partial charge in [0.1, 0.15) is 18.2 Å². The minimum atomic E-state index is -0.393. The first-order valence-electron chi connectivity index (χ1n) is 10.6. The van der Waals surface area contributed by atoms with Gasteiger partial charge in [0.2, 0.25) is 0 Å². The number of hydrogen-bond donors (Lipinski definition) is 1. The molecule has 0 saturated carbocycles. The highest BCUT2D eigenvalue weighted by atomic mass is 35.5. The smallest absolute Gasteiger partial charge is 0.255 e. The van der Waals surface area contributed by atoms with E-state index in [4.69, 9.17) is 27.9 Å². The van der Waals surface area contributed by atoms with Crippen molar-refractivity contribution in [3.63, 3.8) is 0 Å². The number of carbonyl (C=O) groups excluding carboxylic acids is 1. The lowest BCUT2D eigenvalue weighted by Gasteiger charge is -2.10. The molecule has 1 N–H and O–H groups in total. The Labute approximate surface area is 207 Å². The van der Waals surface area contributed by atoms with E-state index in [9.17, 15) is 9.18 Å². The molecule has 0 saturated heterocycles. The number of aromatic nitrogens is 2. The van der Waals surface area contributed by atoms with E-state index < -0.39 is 5.82 Å². The summed E-state index contributed by atoms with van der Waals surface area (Å²) in [7, 11) is 0. The van der Waals surface area contributed by atoms with Crippen molar-refractivity contribution in [2.45, 2.75) is 27.0 Å². The van der Waals surface area contributed by atoms with E-state index in [0.717, 1.165) is 16.8 Å². The molecule has 174 valence electrons. The number of rotatable bonds is 7. The zero-order valence-corrected chi connectivity index (χ0v) is 20.1. The number of ether oxygens (including phenoxy) is 1. The van der Waals surface area contributed by atoms with Crippen LogP contribution in [0.1, 0.15) is 32.9 Å². The van der Waals surface area contributed by atoms with Crippen molar-refractivity contribution in [2.75, 3.05) is 5.32 Å². The second-order valence-corrected chi connectivity index (χ2v) is 8.68. The Morgan fingerprint density at radius 1 is 1.06 bits per heavy atom. The molecule has 3 aromatic carbocycles. The topological polar surface area (TPSA) is 56.2 Å². The highest BCUT2D eigenvalue weighted by molar-refractivity contribution is 6.31. The summed E-state index contributed by atoms with van der Waals surface area (Å²) in [6.45, 7) is 4.36. The van der Waals surface area contributed by atoms with E-state index in [1.165, 1.54) is 12.1 Å². The van der Waals surface area contributed by atoms with Crippen LogP contribution in [-0.4, -0.2) is 15.7 Å². The van der Waals surface area contributed by atoms with Gasteiger partial charge in [0.15, 0.2) is 0 Å². The van der Waals surface area contributed by atoms with E-state index in [0.29, 0.717) is 45.9 Å².